The number of ether oxygens (including phenoxy) is 2. The number of benzene rings is 1. The van der Waals surface area contributed by atoms with Crippen molar-refractivity contribution in [1.29, 1.82) is 0 Å². The zero-order chi connectivity index (χ0) is 14.7. The molecule has 7 nitrogen and oxygen atoms in total. The Kier molecular flexibility index (Phi) is 3.79. The SMILES string of the molecule is COc1ccc(C(=O)O)cc1Oc1nnc(C)c(C)n1. The monoisotopic (exact) mass is 275 g/mol. The van der Waals surface area contributed by atoms with Gasteiger partial charge in [-0.25, -0.2) is 4.79 Å². The van der Waals surface area contributed by atoms with E-state index in [0.29, 0.717) is 17.1 Å². The van der Waals surface area contributed by atoms with E-state index in [1.807, 2.05) is 0 Å². The molecule has 0 bridgehead atoms. The molecule has 1 N–H and O–H groups in total. The standard InChI is InChI=1S/C13H13N3O4/c1-7-8(2)15-16-13(14-7)20-11-6-9(12(17)18)4-5-10(11)19-3/h4-6H,1-3H3,(H,17,18). The van der Waals surface area contributed by atoms with Gasteiger partial charge in [-0.15, -0.1) is 5.10 Å². The van der Waals surface area contributed by atoms with E-state index < -0.39 is 5.97 Å². The molecule has 0 spiro atoms. The molecular formula is C13H13N3O4. The van der Waals surface area contributed by atoms with Crippen molar-refractivity contribution >= 4 is 5.97 Å². The Hall–Kier alpha value is -2.70. The number of aryl methyl sites for hydroxylation is 2. The van der Waals surface area contributed by atoms with Gasteiger partial charge in [0.25, 0.3) is 0 Å². The van der Waals surface area contributed by atoms with Crippen LogP contribution in [0.25, 0.3) is 0 Å². The second-order valence-corrected chi connectivity index (χ2v) is 4.04. The van der Waals surface area contributed by atoms with E-state index in [1.54, 1.807) is 13.8 Å². The van der Waals surface area contributed by atoms with Crippen LogP contribution in [-0.2, 0) is 0 Å². The summed E-state index contributed by atoms with van der Waals surface area (Å²) in [6.07, 6.45) is 0. The average molecular weight is 275 g/mol. The number of carboxylic acids is 1. The molecule has 0 saturated carbocycles. The van der Waals surface area contributed by atoms with Crippen LogP contribution in [0.2, 0.25) is 0 Å². The zero-order valence-electron chi connectivity index (χ0n) is 11.2. The van der Waals surface area contributed by atoms with Gasteiger partial charge in [-0.05, 0) is 32.0 Å². The number of hydrogen-bond acceptors (Lipinski definition) is 6. The smallest absolute Gasteiger partial charge is 0.341 e. The van der Waals surface area contributed by atoms with Crippen molar-refractivity contribution < 1.29 is 19.4 Å². The van der Waals surface area contributed by atoms with Gasteiger partial charge in [0.1, 0.15) is 0 Å². The maximum Gasteiger partial charge on any atom is 0.341 e. The number of methoxy groups -OCH3 is 1. The average Bonchev–Trinajstić information content (AvgIpc) is 2.42. The summed E-state index contributed by atoms with van der Waals surface area (Å²) >= 11 is 0. The molecule has 2 rings (SSSR count). The number of carboxylic acid groups (broad SMARTS) is 1. The molecule has 1 aromatic carbocycles. The van der Waals surface area contributed by atoms with E-state index >= 15 is 0 Å². The lowest BCUT2D eigenvalue weighted by molar-refractivity contribution is 0.0696. The lowest BCUT2D eigenvalue weighted by atomic mass is 10.2. The Balaban J connectivity index is 2.37. The summed E-state index contributed by atoms with van der Waals surface area (Å²) in [5.74, 6) is -0.453. The summed E-state index contributed by atoms with van der Waals surface area (Å²) in [6, 6.07) is 4.31. The van der Waals surface area contributed by atoms with Gasteiger partial charge in [-0.1, -0.05) is 5.10 Å². The van der Waals surface area contributed by atoms with Crippen LogP contribution in [-0.4, -0.2) is 33.4 Å². The highest BCUT2D eigenvalue weighted by Gasteiger charge is 2.13. The highest BCUT2D eigenvalue weighted by Crippen LogP contribution is 2.31. The second kappa shape index (κ2) is 5.52. The number of nitrogens with zero attached hydrogens (tertiary/aromatic N) is 3. The minimum absolute atomic E-state index is 0.0361. The Morgan fingerprint density at radius 2 is 1.90 bits per heavy atom. The first-order valence-electron chi connectivity index (χ1n) is 5.78. The molecule has 0 amide bonds. The van der Waals surface area contributed by atoms with Crippen molar-refractivity contribution in [1.82, 2.24) is 15.2 Å². The lowest BCUT2D eigenvalue weighted by Crippen LogP contribution is -2.02. The number of aromatic carboxylic acids is 1. The van der Waals surface area contributed by atoms with Crippen LogP contribution in [0.1, 0.15) is 21.7 Å². The van der Waals surface area contributed by atoms with Crippen molar-refractivity contribution in [2.45, 2.75) is 13.8 Å². The predicted molar refractivity (Wildman–Crippen MR) is 69.3 cm³/mol. The molecule has 7 heteroatoms. The van der Waals surface area contributed by atoms with Crippen LogP contribution in [0.15, 0.2) is 18.2 Å². The van der Waals surface area contributed by atoms with Gasteiger partial charge in [0.15, 0.2) is 11.5 Å². The molecule has 20 heavy (non-hydrogen) atoms. The third-order valence-electron chi connectivity index (χ3n) is 2.68. The molecule has 1 aromatic heterocycles. The van der Waals surface area contributed by atoms with Gasteiger partial charge in [0.05, 0.1) is 24.1 Å². The molecule has 0 aliphatic heterocycles. The fourth-order valence-corrected chi connectivity index (χ4v) is 1.47. The first-order valence-corrected chi connectivity index (χ1v) is 5.78. The molecule has 2 aromatic rings. The molecule has 0 aliphatic rings. The molecule has 0 saturated heterocycles. The minimum Gasteiger partial charge on any atom is -0.493 e. The van der Waals surface area contributed by atoms with Crippen molar-refractivity contribution in [3.63, 3.8) is 0 Å². The Morgan fingerprint density at radius 3 is 2.50 bits per heavy atom. The maximum absolute atomic E-state index is 11.0. The quantitative estimate of drug-likeness (QED) is 0.911. The summed E-state index contributed by atoms with van der Waals surface area (Å²) in [5, 5.41) is 16.7. The Labute approximate surface area is 115 Å². The number of carbonyl (C=O) groups is 1. The van der Waals surface area contributed by atoms with Gasteiger partial charge >= 0.3 is 12.0 Å². The van der Waals surface area contributed by atoms with Crippen LogP contribution in [0.5, 0.6) is 17.5 Å². The minimum atomic E-state index is -1.06. The van der Waals surface area contributed by atoms with Gasteiger partial charge in [-0.3, -0.25) is 0 Å². The van der Waals surface area contributed by atoms with Crippen LogP contribution in [0.3, 0.4) is 0 Å². The van der Waals surface area contributed by atoms with E-state index in [1.165, 1.54) is 25.3 Å². The summed E-state index contributed by atoms with van der Waals surface area (Å²) in [4.78, 5) is 15.1. The largest absolute Gasteiger partial charge is 0.493 e. The molecule has 0 aliphatic carbocycles. The van der Waals surface area contributed by atoms with E-state index in [0.717, 1.165) is 0 Å². The highest BCUT2D eigenvalue weighted by atomic mass is 16.5. The van der Waals surface area contributed by atoms with Crippen molar-refractivity contribution in [2.75, 3.05) is 7.11 Å². The first-order chi connectivity index (χ1) is 9.51. The topological polar surface area (TPSA) is 94.4 Å². The van der Waals surface area contributed by atoms with Crippen molar-refractivity contribution in [2.24, 2.45) is 0 Å². The second-order valence-electron chi connectivity index (χ2n) is 4.04. The van der Waals surface area contributed by atoms with Crippen LogP contribution in [0, 0.1) is 13.8 Å². The number of aromatic nitrogens is 3. The van der Waals surface area contributed by atoms with Crippen LogP contribution >= 0.6 is 0 Å². The molecule has 0 atom stereocenters. The van der Waals surface area contributed by atoms with E-state index in [-0.39, 0.29) is 17.3 Å². The van der Waals surface area contributed by atoms with Gasteiger partial charge in [0, 0.05) is 0 Å². The summed E-state index contributed by atoms with van der Waals surface area (Å²) in [5.41, 5.74) is 1.46. The first kappa shape index (κ1) is 13.7. The van der Waals surface area contributed by atoms with Crippen LogP contribution < -0.4 is 9.47 Å². The normalized spacial score (nSPS) is 10.2. The molecule has 104 valence electrons. The Morgan fingerprint density at radius 1 is 1.15 bits per heavy atom. The molecule has 0 fully saturated rings. The molecule has 0 radical (unpaired) electrons. The van der Waals surface area contributed by atoms with E-state index in [2.05, 4.69) is 15.2 Å². The third-order valence-corrected chi connectivity index (χ3v) is 2.68. The van der Waals surface area contributed by atoms with Gasteiger partial charge in [-0.2, -0.15) is 4.98 Å². The fraction of sp³-hybridized carbons (Fsp3) is 0.231. The van der Waals surface area contributed by atoms with Gasteiger partial charge < -0.3 is 14.6 Å². The van der Waals surface area contributed by atoms with Crippen molar-refractivity contribution in [3.05, 3.63) is 35.2 Å². The van der Waals surface area contributed by atoms with Crippen molar-refractivity contribution in [3.8, 4) is 17.5 Å². The summed E-state index contributed by atoms with van der Waals surface area (Å²) < 4.78 is 10.6. The predicted octanol–water partition coefficient (Wildman–Crippen LogP) is 1.99. The highest BCUT2D eigenvalue weighted by molar-refractivity contribution is 5.88. The molecule has 0 unspecified atom stereocenters. The third kappa shape index (κ3) is 2.82. The fourth-order valence-electron chi connectivity index (χ4n) is 1.47. The zero-order valence-corrected chi connectivity index (χ0v) is 11.2. The maximum atomic E-state index is 11.0. The lowest BCUT2D eigenvalue weighted by Gasteiger charge is -2.09. The molecular weight excluding hydrogens is 262 g/mol. The van der Waals surface area contributed by atoms with Gasteiger partial charge in [0.2, 0.25) is 0 Å². The van der Waals surface area contributed by atoms with E-state index in [4.69, 9.17) is 14.6 Å². The Bertz CT molecular complexity index is 658. The number of hydrogen-bond donors (Lipinski definition) is 1. The molecule has 1 heterocycles. The number of rotatable bonds is 4. The van der Waals surface area contributed by atoms with Crippen LogP contribution in [0.4, 0.5) is 0 Å². The van der Waals surface area contributed by atoms with E-state index in [9.17, 15) is 4.79 Å². The summed E-state index contributed by atoms with van der Waals surface area (Å²) in [7, 11) is 1.46. The summed E-state index contributed by atoms with van der Waals surface area (Å²) in [6.45, 7) is 3.56.